The molecule has 0 radical (unpaired) electrons. The van der Waals surface area contributed by atoms with Gasteiger partial charge in [-0.1, -0.05) is 6.92 Å². The van der Waals surface area contributed by atoms with Gasteiger partial charge in [-0.05, 0) is 13.3 Å². The van der Waals surface area contributed by atoms with Gasteiger partial charge >= 0.3 is 0 Å². The quantitative estimate of drug-likeness (QED) is 0.749. The van der Waals surface area contributed by atoms with Gasteiger partial charge in [0.2, 0.25) is 10.0 Å². The second-order valence-corrected chi connectivity index (χ2v) is 7.24. The van der Waals surface area contributed by atoms with Crippen LogP contribution < -0.4 is 0 Å². The van der Waals surface area contributed by atoms with E-state index in [1.165, 1.54) is 11.2 Å². The summed E-state index contributed by atoms with van der Waals surface area (Å²) in [5.41, 5.74) is 0. The van der Waals surface area contributed by atoms with Crippen molar-refractivity contribution in [2.24, 2.45) is 0 Å². The van der Waals surface area contributed by atoms with E-state index < -0.39 is 15.3 Å². The molecule has 1 aliphatic rings. The van der Waals surface area contributed by atoms with Crippen LogP contribution in [0.5, 0.6) is 0 Å². The lowest BCUT2D eigenvalue weighted by Crippen LogP contribution is -2.44. The number of hydrogen-bond acceptors (Lipinski definition) is 4. The number of thioether (sulfide) groups is 1. The average Bonchev–Trinajstić information content (AvgIpc) is 2.27. The zero-order valence-corrected chi connectivity index (χ0v) is 10.6. The predicted octanol–water partition coefficient (Wildman–Crippen LogP) is 1.06. The Morgan fingerprint density at radius 1 is 1.67 bits per heavy atom. The van der Waals surface area contributed by atoms with Crippen molar-refractivity contribution in [2.75, 3.05) is 18.8 Å². The average molecular weight is 248 g/mol. The highest BCUT2D eigenvalue weighted by Crippen LogP contribution is 2.24. The molecule has 2 unspecified atom stereocenters. The molecule has 0 saturated carbocycles. The van der Waals surface area contributed by atoms with Gasteiger partial charge in [-0.15, -0.1) is 0 Å². The molecule has 0 aromatic carbocycles. The Morgan fingerprint density at radius 2 is 2.33 bits per heavy atom. The van der Waals surface area contributed by atoms with E-state index in [0.29, 0.717) is 18.3 Å². The van der Waals surface area contributed by atoms with Gasteiger partial charge in [0.05, 0.1) is 6.07 Å². The van der Waals surface area contributed by atoms with Crippen molar-refractivity contribution in [2.45, 2.75) is 30.8 Å². The van der Waals surface area contributed by atoms with Gasteiger partial charge in [-0.25, -0.2) is 8.42 Å². The minimum atomic E-state index is -3.40. The number of hydrogen-bond donors (Lipinski definition) is 0. The van der Waals surface area contributed by atoms with Crippen LogP contribution in [0.2, 0.25) is 0 Å². The van der Waals surface area contributed by atoms with Gasteiger partial charge in [-0.3, -0.25) is 0 Å². The largest absolute Gasteiger partial charge is 0.230 e. The molecule has 0 N–H and O–H groups in total. The van der Waals surface area contributed by atoms with E-state index in [9.17, 15) is 8.42 Å². The van der Waals surface area contributed by atoms with Crippen LogP contribution in [-0.2, 0) is 10.0 Å². The van der Waals surface area contributed by atoms with Gasteiger partial charge in [0.15, 0.2) is 5.25 Å². The first-order chi connectivity index (χ1) is 7.02. The van der Waals surface area contributed by atoms with E-state index in [1.54, 1.807) is 6.07 Å². The van der Waals surface area contributed by atoms with Crippen LogP contribution in [0, 0.1) is 11.3 Å². The van der Waals surface area contributed by atoms with Gasteiger partial charge in [0.25, 0.3) is 0 Å². The van der Waals surface area contributed by atoms with Crippen LogP contribution >= 0.6 is 11.8 Å². The molecule has 2 atom stereocenters. The Balaban J connectivity index is 2.76. The highest BCUT2D eigenvalue weighted by molar-refractivity contribution is 8.00. The van der Waals surface area contributed by atoms with E-state index in [4.69, 9.17) is 5.26 Å². The Hall–Kier alpha value is -0.250. The molecule has 0 aromatic heterocycles. The molecule has 4 nitrogen and oxygen atoms in total. The molecule has 0 aromatic rings. The van der Waals surface area contributed by atoms with E-state index in [2.05, 4.69) is 6.92 Å². The van der Waals surface area contributed by atoms with Crippen molar-refractivity contribution in [3.63, 3.8) is 0 Å². The molecular formula is C9H16N2O2S2. The second kappa shape index (κ2) is 5.19. The van der Waals surface area contributed by atoms with E-state index >= 15 is 0 Å². The minimum Gasteiger partial charge on any atom is -0.211 e. The fourth-order valence-electron chi connectivity index (χ4n) is 1.46. The zero-order chi connectivity index (χ0) is 11.5. The summed E-state index contributed by atoms with van der Waals surface area (Å²) < 4.78 is 25.2. The van der Waals surface area contributed by atoms with Crippen molar-refractivity contribution >= 4 is 21.8 Å². The van der Waals surface area contributed by atoms with Gasteiger partial charge in [0.1, 0.15) is 0 Å². The molecule has 1 heterocycles. The lowest BCUT2D eigenvalue weighted by Gasteiger charge is -2.31. The monoisotopic (exact) mass is 248 g/mol. The molecule has 15 heavy (non-hydrogen) atoms. The third-order valence-electron chi connectivity index (χ3n) is 2.55. The third kappa shape index (κ3) is 2.86. The highest BCUT2D eigenvalue weighted by Gasteiger charge is 2.32. The molecule has 6 heteroatoms. The molecule has 0 amide bonds. The third-order valence-corrected chi connectivity index (χ3v) is 5.97. The van der Waals surface area contributed by atoms with Gasteiger partial charge in [0, 0.05) is 24.1 Å². The van der Waals surface area contributed by atoms with Crippen LogP contribution in [0.15, 0.2) is 0 Å². The van der Waals surface area contributed by atoms with Crippen molar-refractivity contribution in [1.29, 1.82) is 5.26 Å². The molecule has 1 aliphatic heterocycles. The van der Waals surface area contributed by atoms with E-state index in [1.807, 2.05) is 11.8 Å². The number of nitriles is 1. The lowest BCUT2D eigenvalue weighted by atomic mass is 10.3. The molecule has 86 valence electrons. The summed E-state index contributed by atoms with van der Waals surface area (Å²) in [7, 11) is -3.40. The smallest absolute Gasteiger partial charge is 0.211 e. The molecule has 1 saturated heterocycles. The fraction of sp³-hybridized carbons (Fsp3) is 0.889. The van der Waals surface area contributed by atoms with Crippen LogP contribution in [0.3, 0.4) is 0 Å². The summed E-state index contributed by atoms with van der Waals surface area (Å²) in [5, 5.41) is 8.11. The number of nitrogens with zero attached hydrogens (tertiary/aromatic N) is 2. The molecule has 1 rings (SSSR count). The van der Waals surface area contributed by atoms with Crippen LogP contribution in [0.25, 0.3) is 0 Å². The lowest BCUT2D eigenvalue weighted by molar-refractivity contribution is 0.413. The van der Waals surface area contributed by atoms with Crippen LogP contribution in [-0.4, -0.2) is 42.1 Å². The predicted molar refractivity (Wildman–Crippen MR) is 62.1 cm³/mol. The number of rotatable bonds is 3. The summed E-state index contributed by atoms with van der Waals surface area (Å²) >= 11 is 1.81. The van der Waals surface area contributed by atoms with Crippen LogP contribution in [0.1, 0.15) is 20.3 Å². The summed E-state index contributed by atoms with van der Waals surface area (Å²) in [6, 6.07) is 1.80. The van der Waals surface area contributed by atoms with Crippen molar-refractivity contribution < 1.29 is 8.42 Å². The maximum Gasteiger partial charge on any atom is 0.230 e. The first-order valence-electron chi connectivity index (χ1n) is 5.02. The zero-order valence-electron chi connectivity index (χ0n) is 9.01. The normalized spacial score (nSPS) is 25.8. The Bertz CT molecular complexity index is 348. The van der Waals surface area contributed by atoms with Gasteiger partial charge in [-0.2, -0.15) is 21.3 Å². The SMILES string of the molecule is CCC1CN(S(=O)(=O)C(C)C#N)CCS1. The molecular weight excluding hydrogens is 232 g/mol. The summed E-state index contributed by atoms with van der Waals surface area (Å²) in [6.45, 7) is 4.59. The first kappa shape index (κ1) is 12.8. The van der Waals surface area contributed by atoms with Gasteiger partial charge < -0.3 is 0 Å². The fourth-order valence-corrected chi connectivity index (χ4v) is 4.16. The second-order valence-electron chi connectivity index (χ2n) is 3.58. The summed E-state index contributed by atoms with van der Waals surface area (Å²) in [4.78, 5) is 0. The Morgan fingerprint density at radius 3 is 2.87 bits per heavy atom. The van der Waals surface area contributed by atoms with Crippen molar-refractivity contribution in [3.8, 4) is 6.07 Å². The van der Waals surface area contributed by atoms with E-state index in [-0.39, 0.29) is 0 Å². The molecule has 1 fully saturated rings. The van der Waals surface area contributed by atoms with E-state index in [0.717, 1.165) is 12.2 Å². The van der Waals surface area contributed by atoms with Crippen molar-refractivity contribution in [3.05, 3.63) is 0 Å². The number of sulfonamides is 1. The van der Waals surface area contributed by atoms with Crippen LogP contribution in [0.4, 0.5) is 0 Å². The standard InChI is InChI=1S/C9H16N2O2S2/c1-3-9-7-11(4-5-14-9)15(12,13)8(2)6-10/h8-9H,3-5,7H2,1-2H3. The highest BCUT2D eigenvalue weighted by atomic mass is 32.2. The maximum atomic E-state index is 11.9. The Labute approximate surface area is 95.7 Å². The van der Waals surface area contributed by atoms with Crippen molar-refractivity contribution in [1.82, 2.24) is 4.31 Å². The topological polar surface area (TPSA) is 61.2 Å². The minimum absolute atomic E-state index is 0.374. The maximum absolute atomic E-state index is 11.9. The molecule has 0 aliphatic carbocycles. The Kier molecular flexibility index (Phi) is 4.44. The summed E-state index contributed by atoms with van der Waals surface area (Å²) in [6.07, 6.45) is 0.970. The summed E-state index contributed by atoms with van der Waals surface area (Å²) in [5.74, 6) is 0.829. The molecule has 0 bridgehead atoms. The molecule has 0 spiro atoms. The first-order valence-corrected chi connectivity index (χ1v) is 7.57.